The van der Waals surface area contributed by atoms with E-state index in [-0.39, 0.29) is 6.03 Å². The van der Waals surface area contributed by atoms with Gasteiger partial charge in [-0.3, -0.25) is 0 Å². The number of carbonyl (C=O) groups excluding carboxylic acids is 1. The molecule has 2 bridgehead atoms. The number of nitrogens with one attached hydrogen (secondary N) is 1. The van der Waals surface area contributed by atoms with Gasteiger partial charge >= 0.3 is 6.03 Å². The molecule has 1 aromatic carbocycles. The molecule has 17 heavy (non-hydrogen) atoms. The molecule has 0 saturated carbocycles. The van der Waals surface area contributed by atoms with Crippen LogP contribution in [0.4, 0.5) is 10.5 Å². The lowest BCUT2D eigenvalue weighted by Gasteiger charge is -2.52. The largest absolute Gasteiger partial charge is 0.322 e. The Kier molecular flexibility index (Phi) is 2.71. The van der Waals surface area contributed by atoms with Gasteiger partial charge in [0, 0.05) is 22.8 Å². The number of fused-ring (bicyclic) bond motifs is 2. The average molecular weight is 251 g/mol. The number of urea groups is 1. The predicted octanol–water partition coefficient (Wildman–Crippen LogP) is 3.50. The van der Waals surface area contributed by atoms with Crippen LogP contribution in [0, 0.1) is 0 Å². The predicted molar refractivity (Wildman–Crippen MR) is 68.4 cm³/mol. The van der Waals surface area contributed by atoms with E-state index in [9.17, 15) is 4.79 Å². The lowest BCUT2D eigenvalue weighted by Crippen LogP contribution is -2.62. The minimum Gasteiger partial charge on any atom is -0.318 e. The summed E-state index contributed by atoms with van der Waals surface area (Å²) >= 11 is 5.80. The van der Waals surface area contributed by atoms with Gasteiger partial charge in [-0.25, -0.2) is 4.79 Å². The monoisotopic (exact) mass is 250 g/mol. The van der Waals surface area contributed by atoms with E-state index in [2.05, 4.69) is 5.32 Å². The molecule has 0 radical (unpaired) electrons. The minimum atomic E-state index is 0.0354. The number of rotatable bonds is 1. The zero-order valence-electron chi connectivity index (χ0n) is 9.53. The second-order valence-corrected chi connectivity index (χ2v) is 5.26. The number of hydrogen-bond donors (Lipinski definition) is 1. The Morgan fingerprint density at radius 3 is 2.47 bits per heavy atom. The molecule has 2 fully saturated rings. The molecule has 2 aliphatic heterocycles. The Balaban J connectivity index is 1.65. The maximum Gasteiger partial charge on any atom is 0.322 e. The lowest BCUT2D eigenvalue weighted by atomic mass is 9.80. The van der Waals surface area contributed by atoms with E-state index >= 15 is 0 Å². The molecule has 0 aromatic heterocycles. The fourth-order valence-corrected chi connectivity index (χ4v) is 2.98. The number of piperidine rings is 1. The topological polar surface area (TPSA) is 32.3 Å². The van der Waals surface area contributed by atoms with Crippen LogP contribution in [0.2, 0.25) is 5.02 Å². The summed E-state index contributed by atoms with van der Waals surface area (Å²) in [5.41, 5.74) is 0.810. The van der Waals surface area contributed by atoms with Crippen LogP contribution in [0.5, 0.6) is 0 Å². The van der Waals surface area contributed by atoms with Crippen LogP contribution in [0.1, 0.15) is 25.7 Å². The quantitative estimate of drug-likeness (QED) is 0.813. The van der Waals surface area contributed by atoms with E-state index in [1.54, 1.807) is 12.1 Å². The van der Waals surface area contributed by atoms with Crippen molar-refractivity contribution in [1.82, 2.24) is 4.90 Å². The molecule has 1 unspecified atom stereocenters. The van der Waals surface area contributed by atoms with Gasteiger partial charge in [0.2, 0.25) is 0 Å². The molecule has 0 spiro atoms. The molecular weight excluding hydrogens is 236 g/mol. The van der Waals surface area contributed by atoms with Crippen LogP contribution in [0.25, 0.3) is 0 Å². The highest BCUT2D eigenvalue weighted by molar-refractivity contribution is 6.30. The van der Waals surface area contributed by atoms with Crippen LogP contribution in [0.15, 0.2) is 24.3 Å². The average Bonchev–Trinajstić information content (AvgIpc) is 2.33. The minimum absolute atomic E-state index is 0.0354. The van der Waals surface area contributed by atoms with Crippen molar-refractivity contribution in [2.45, 2.75) is 37.8 Å². The number of nitrogens with zero attached hydrogens (tertiary/aromatic N) is 1. The summed E-state index contributed by atoms with van der Waals surface area (Å²) in [5, 5.41) is 3.61. The highest BCUT2D eigenvalue weighted by atomic mass is 35.5. The number of anilines is 1. The van der Waals surface area contributed by atoms with Crippen molar-refractivity contribution in [3.8, 4) is 0 Å². The number of amides is 2. The standard InChI is InChI=1S/C13H15ClN2O/c14-9-4-6-10(7-5-9)15-13(17)16-11-2-1-3-12(16)8-11/h4-7,11-12H,1-3,8H2,(H,15,17)/t11-,12?/m1/s1. The molecule has 4 heteroatoms. The molecule has 0 aliphatic carbocycles. The van der Waals surface area contributed by atoms with E-state index in [1.165, 1.54) is 12.8 Å². The lowest BCUT2D eigenvalue weighted by molar-refractivity contribution is 0.0173. The van der Waals surface area contributed by atoms with Gasteiger partial charge in [0.05, 0.1) is 0 Å². The van der Waals surface area contributed by atoms with Gasteiger partial charge < -0.3 is 10.2 Å². The number of hydrogen-bond acceptors (Lipinski definition) is 1. The van der Waals surface area contributed by atoms with E-state index in [0.29, 0.717) is 17.1 Å². The molecule has 1 aromatic rings. The van der Waals surface area contributed by atoms with Crippen molar-refractivity contribution in [2.75, 3.05) is 5.32 Å². The Hall–Kier alpha value is -1.22. The first-order valence-electron chi connectivity index (χ1n) is 6.09. The fourth-order valence-electron chi connectivity index (χ4n) is 2.86. The highest BCUT2D eigenvalue weighted by Gasteiger charge is 2.44. The zero-order valence-corrected chi connectivity index (χ0v) is 10.3. The maximum atomic E-state index is 12.1. The molecule has 2 atom stereocenters. The summed E-state index contributed by atoms with van der Waals surface area (Å²) in [6.45, 7) is 0. The molecule has 2 amide bonds. The van der Waals surface area contributed by atoms with Crippen molar-refractivity contribution >= 4 is 23.3 Å². The van der Waals surface area contributed by atoms with E-state index < -0.39 is 0 Å². The van der Waals surface area contributed by atoms with Gasteiger partial charge in [0.1, 0.15) is 0 Å². The summed E-state index contributed by atoms with van der Waals surface area (Å²) in [6, 6.07) is 8.21. The first-order chi connectivity index (χ1) is 8.24. The summed E-state index contributed by atoms with van der Waals surface area (Å²) in [7, 11) is 0. The molecule has 2 heterocycles. The van der Waals surface area contributed by atoms with Crippen LogP contribution in [0.3, 0.4) is 0 Å². The highest BCUT2D eigenvalue weighted by Crippen LogP contribution is 2.38. The summed E-state index contributed by atoms with van der Waals surface area (Å²) < 4.78 is 0. The third-order valence-corrected chi connectivity index (χ3v) is 3.99. The molecular formula is C13H15ClN2O. The molecule has 90 valence electrons. The Morgan fingerprint density at radius 1 is 1.24 bits per heavy atom. The Labute approximate surface area is 106 Å². The van der Waals surface area contributed by atoms with Crippen molar-refractivity contribution in [3.05, 3.63) is 29.3 Å². The van der Waals surface area contributed by atoms with Gasteiger partial charge in [-0.2, -0.15) is 0 Å². The third-order valence-electron chi connectivity index (χ3n) is 3.74. The van der Waals surface area contributed by atoms with Crippen molar-refractivity contribution < 1.29 is 4.79 Å². The summed E-state index contributed by atoms with van der Waals surface area (Å²) in [5.74, 6) is 0. The normalized spacial score (nSPS) is 26.3. The van der Waals surface area contributed by atoms with E-state index in [0.717, 1.165) is 18.5 Å². The van der Waals surface area contributed by atoms with Gasteiger partial charge in [-0.05, 0) is 49.9 Å². The Bertz CT molecular complexity index is 418. The molecule has 3 rings (SSSR count). The van der Waals surface area contributed by atoms with Gasteiger partial charge in [0.15, 0.2) is 0 Å². The Morgan fingerprint density at radius 2 is 1.88 bits per heavy atom. The zero-order chi connectivity index (χ0) is 11.8. The van der Waals surface area contributed by atoms with Crippen LogP contribution in [-0.4, -0.2) is 23.0 Å². The maximum absolute atomic E-state index is 12.1. The number of carbonyl (C=O) groups is 1. The fraction of sp³-hybridized carbons (Fsp3) is 0.462. The van der Waals surface area contributed by atoms with E-state index in [1.807, 2.05) is 17.0 Å². The summed E-state index contributed by atoms with van der Waals surface area (Å²) in [6.07, 6.45) is 4.77. The number of halogens is 1. The first-order valence-corrected chi connectivity index (χ1v) is 6.47. The first kappa shape index (κ1) is 10.9. The van der Waals surface area contributed by atoms with E-state index in [4.69, 9.17) is 11.6 Å². The van der Waals surface area contributed by atoms with Gasteiger partial charge in [0.25, 0.3) is 0 Å². The van der Waals surface area contributed by atoms with Crippen molar-refractivity contribution in [3.63, 3.8) is 0 Å². The smallest absolute Gasteiger partial charge is 0.318 e. The van der Waals surface area contributed by atoms with Crippen molar-refractivity contribution in [1.29, 1.82) is 0 Å². The summed E-state index contributed by atoms with van der Waals surface area (Å²) in [4.78, 5) is 14.1. The van der Waals surface area contributed by atoms with Crippen LogP contribution >= 0.6 is 11.6 Å². The third kappa shape index (κ3) is 2.00. The molecule has 2 saturated heterocycles. The second-order valence-electron chi connectivity index (χ2n) is 4.82. The second kappa shape index (κ2) is 4.22. The van der Waals surface area contributed by atoms with Crippen LogP contribution < -0.4 is 5.32 Å². The van der Waals surface area contributed by atoms with Gasteiger partial charge in [-0.15, -0.1) is 0 Å². The number of benzene rings is 1. The molecule has 1 N–H and O–H groups in total. The van der Waals surface area contributed by atoms with Crippen LogP contribution in [-0.2, 0) is 0 Å². The SMILES string of the molecule is O=C(Nc1ccc(Cl)cc1)N1C2CCC[C@@H]1C2. The van der Waals surface area contributed by atoms with Gasteiger partial charge in [-0.1, -0.05) is 11.6 Å². The molecule has 2 aliphatic rings. The molecule has 3 nitrogen and oxygen atoms in total. The van der Waals surface area contributed by atoms with Crippen molar-refractivity contribution in [2.24, 2.45) is 0 Å².